The van der Waals surface area contributed by atoms with E-state index in [2.05, 4.69) is 78.6 Å². The molecule has 0 saturated carbocycles. The lowest BCUT2D eigenvalue weighted by atomic mass is 9.84. The van der Waals surface area contributed by atoms with Crippen LogP contribution in [0.5, 0.6) is 0 Å². The molecular formula is C16H18BrN. The Kier molecular flexibility index (Phi) is 3.49. The number of anilines is 1. The Labute approximate surface area is 118 Å². The number of fused-ring (bicyclic) bond motifs is 1. The third-order valence-electron chi connectivity index (χ3n) is 3.54. The standard InChI is InChI=1S/C16H18BrN/c1-5-12(17)10-11-15-16(2,3)13-8-6-7-9-14(13)18(15)4/h5-11H,1H2,2-4H3/b12-10-,15-11+. The summed E-state index contributed by atoms with van der Waals surface area (Å²) in [6.07, 6.45) is 6.00. The molecule has 0 bridgehead atoms. The lowest BCUT2D eigenvalue weighted by Crippen LogP contribution is -2.22. The number of benzene rings is 1. The number of hydrogen-bond donors (Lipinski definition) is 0. The van der Waals surface area contributed by atoms with E-state index in [-0.39, 0.29) is 5.41 Å². The van der Waals surface area contributed by atoms with Gasteiger partial charge in [-0.1, -0.05) is 60.6 Å². The van der Waals surface area contributed by atoms with E-state index < -0.39 is 0 Å². The quantitative estimate of drug-likeness (QED) is 0.712. The zero-order valence-electron chi connectivity index (χ0n) is 11.1. The molecule has 0 amide bonds. The normalized spacial score (nSPS) is 20.1. The summed E-state index contributed by atoms with van der Waals surface area (Å²) in [4.78, 5) is 2.26. The zero-order valence-corrected chi connectivity index (χ0v) is 12.7. The van der Waals surface area contributed by atoms with Gasteiger partial charge in [-0.2, -0.15) is 0 Å². The third-order valence-corrected chi connectivity index (χ3v) is 4.12. The number of para-hydroxylation sites is 1. The van der Waals surface area contributed by atoms with Crippen molar-refractivity contribution in [3.8, 4) is 0 Å². The summed E-state index contributed by atoms with van der Waals surface area (Å²) in [7, 11) is 2.12. The second-order valence-electron chi connectivity index (χ2n) is 5.01. The summed E-state index contributed by atoms with van der Waals surface area (Å²) in [6.45, 7) is 8.26. The number of allylic oxidation sites excluding steroid dienone is 5. The van der Waals surface area contributed by atoms with E-state index in [1.165, 1.54) is 16.9 Å². The summed E-state index contributed by atoms with van der Waals surface area (Å²) in [5.41, 5.74) is 4.00. The number of nitrogens with zero attached hydrogens (tertiary/aromatic N) is 1. The Balaban J connectivity index is 2.51. The molecular weight excluding hydrogens is 286 g/mol. The number of halogens is 1. The fourth-order valence-electron chi connectivity index (χ4n) is 2.53. The molecule has 0 spiro atoms. The van der Waals surface area contributed by atoms with Gasteiger partial charge >= 0.3 is 0 Å². The summed E-state index contributed by atoms with van der Waals surface area (Å²) in [5.74, 6) is 0. The fraction of sp³-hybridized carbons (Fsp3) is 0.250. The number of likely N-dealkylation sites (N-methyl/N-ethyl adjacent to an activating group) is 1. The van der Waals surface area contributed by atoms with Crippen molar-refractivity contribution in [3.63, 3.8) is 0 Å². The Morgan fingerprint density at radius 2 is 2.00 bits per heavy atom. The Bertz CT molecular complexity index is 538. The van der Waals surface area contributed by atoms with Crippen molar-refractivity contribution < 1.29 is 0 Å². The number of hydrogen-bond acceptors (Lipinski definition) is 1. The van der Waals surface area contributed by atoms with Crippen LogP contribution in [0.3, 0.4) is 0 Å². The highest BCUT2D eigenvalue weighted by molar-refractivity contribution is 9.11. The highest BCUT2D eigenvalue weighted by atomic mass is 79.9. The smallest absolute Gasteiger partial charge is 0.0447 e. The molecule has 1 aromatic rings. The summed E-state index contributed by atoms with van der Waals surface area (Å²) in [6, 6.07) is 8.57. The van der Waals surface area contributed by atoms with Crippen LogP contribution in [0, 0.1) is 0 Å². The van der Waals surface area contributed by atoms with Gasteiger partial charge in [0.05, 0.1) is 0 Å². The molecule has 0 radical (unpaired) electrons. The highest BCUT2D eigenvalue weighted by Crippen LogP contribution is 2.46. The van der Waals surface area contributed by atoms with Crippen molar-refractivity contribution in [2.45, 2.75) is 19.3 Å². The molecule has 2 heteroatoms. The minimum Gasteiger partial charge on any atom is -0.347 e. The van der Waals surface area contributed by atoms with E-state index in [1.54, 1.807) is 6.08 Å². The molecule has 94 valence electrons. The van der Waals surface area contributed by atoms with Gasteiger partial charge in [0.2, 0.25) is 0 Å². The molecule has 18 heavy (non-hydrogen) atoms. The average Bonchev–Trinajstić information content (AvgIpc) is 2.56. The van der Waals surface area contributed by atoms with Crippen LogP contribution < -0.4 is 4.90 Å². The summed E-state index contributed by atoms with van der Waals surface area (Å²) >= 11 is 3.46. The first-order valence-electron chi connectivity index (χ1n) is 6.02. The average molecular weight is 304 g/mol. The first-order valence-corrected chi connectivity index (χ1v) is 6.81. The van der Waals surface area contributed by atoms with Crippen molar-refractivity contribution in [2.75, 3.05) is 11.9 Å². The molecule has 0 N–H and O–H groups in total. The van der Waals surface area contributed by atoms with Gasteiger partial charge in [0.25, 0.3) is 0 Å². The van der Waals surface area contributed by atoms with Crippen LogP contribution in [0.15, 0.2) is 59.3 Å². The molecule has 0 aromatic heterocycles. The van der Waals surface area contributed by atoms with E-state index in [0.717, 1.165) is 4.48 Å². The van der Waals surface area contributed by atoms with Crippen molar-refractivity contribution in [2.24, 2.45) is 0 Å². The van der Waals surface area contributed by atoms with E-state index in [0.29, 0.717) is 0 Å². The topological polar surface area (TPSA) is 3.24 Å². The Morgan fingerprint density at radius 1 is 1.33 bits per heavy atom. The predicted octanol–water partition coefficient (Wildman–Crippen LogP) is 4.76. The van der Waals surface area contributed by atoms with E-state index >= 15 is 0 Å². The van der Waals surface area contributed by atoms with Crippen LogP contribution in [0.25, 0.3) is 0 Å². The SMILES string of the molecule is C=C/C(Br)=C/C=C1/N(C)c2ccccc2C1(C)C. The van der Waals surface area contributed by atoms with Gasteiger partial charge in [-0.05, 0) is 23.8 Å². The van der Waals surface area contributed by atoms with Crippen molar-refractivity contribution in [1.82, 2.24) is 0 Å². The van der Waals surface area contributed by atoms with Crippen LogP contribution in [0.1, 0.15) is 19.4 Å². The fourth-order valence-corrected chi connectivity index (χ4v) is 2.66. The van der Waals surface area contributed by atoms with Gasteiger partial charge in [-0.15, -0.1) is 0 Å². The van der Waals surface area contributed by atoms with E-state index in [4.69, 9.17) is 0 Å². The molecule has 1 heterocycles. The Hall–Kier alpha value is -1.28. The van der Waals surface area contributed by atoms with Crippen molar-refractivity contribution in [3.05, 3.63) is 64.8 Å². The van der Waals surface area contributed by atoms with Crippen molar-refractivity contribution in [1.29, 1.82) is 0 Å². The second-order valence-corrected chi connectivity index (χ2v) is 5.92. The largest absolute Gasteiger partial charge is 0.347 e. The molecule has 0 fully saturated rings. The minimum absolute atomic E-state index is 0.0380. The third kappa shape index (κ3) is 2.05. The van der Waals surface area contributed by atoms with Gasteiger partial charge in [-0.3, -0.25) is 0 Å². The zero-order chi connectivity index (χ0) is 13.3. The molecule has 1 aromatic carbocycles. The number of rotatable bonds is 2. The van der Waals surface area contributed by atoms with Crippen LogP contribution in [-0.4, -0.2) is 7.05 Å². The molecule has 0 aliphatic carbocycles. The lowest BCUT2D eigenvalue weighted by Gasteiger charge is -2.23. The van der Waals surface area contributed by atoms with Gasteiger partial charge in [-0.25, -0.2) is 0 Å². The Morgan fingerprint density at radius 3 is 2.61 bits per heavy atom. The molecule has 2 rings (SSSR count). The van der Waals surface area contributed by atoms with Crippen LogP contribution in [0.2, 0.25) is 0 Å². The molecule has 0 atom stereocenters. The maximum absolute atomic E-state index is 3.74. The lowest BCUT2D eigenvalue weighted by molar-refractivity contribution is 0.640. The molecule has 0 unspecified atom stereocenters. The molecule has 1 aliphatic heterocycles. The first-order chi connectivity index (χ1) is 8.48. The minimum atomic E-state index is 0.0380. The van der Waals surface area contributed by atoms with Gasteiger partial charge in [0.1, 0.15) is 0 Å². The van der Waals surface area contributed by atoms with Crippen LogP contribution in [0.4, 0.5) is 5.69 Å². The molecule has 1 aliphatic rings. The molecule has 1 nitrogen and oxygen atoms in total. The van der Waals surface area contributed by atoms with E-state index in [9.17, 15) is 0 Å². The summed E-state index contributed by atoms with van der Waals surface area (Å²) in [5, 5.41) is 0. The molecule has 0 saturated heterocycles. The monoisotopic (exact) mass is 303 g/mol. The first kappa shape index (κ1) is 13.2. The maximum Gasteiger partial charge on any atom is 0.0447 e. The van der Waals surface area contributed by atoms with Crippen LogP contribution >= 0.6 is 15.9 Å². The van der Waals surface area contributed by atoms with Gasteiger partial charge < -0.3 is 4.90 Å². The summed E-state index contributed by atoms with van der Waals surface area (Å²) < 4.78 is 0.996. The highest BCUT2D eigenvalue weighted by Gasteiger charge is 2.37. The van der Waals surface area contributed by atoms with Gasteiger partial charge in [0.15, 0.2) is 0 Å². The predicted molar refractivity (Wildman–Crippen MR) is 83.2 cm³/mol. The van der Waals surface area contributed by atoms with Gasteiger partial charge in [0, 0.05) is 28.3 Å². The van der Waals surface area contributed by atoms with Crippen molar-refractivity contribution >= 4 is 21.6 Å². The second kappa shape index (κ2) is 4.77. The van der Waals surface area contributed by atoms with E-state index in [1.807, 2.05) is 6.08 Å². The van der Waals surface area contributed by atoms with Crippen LogP contribution in [-0.2, 0) is 5.41 Å². The maximum atomic E-state index is 3.74.